The fourth-order valence-electron chi connectivity index (χ4n) is 2.15. The first-order valence-electron chi connectivity index (χ1n) is 6.08. The van der Waals surface area contributed by atoms with Crippen LogP contribution in [-0.2, 0) is 0 Å². The van der Waals surface area contributed by atoms with Crippen LogP contribution >= 0.6 is 22.6 Å². The molecular formula is C13H11FIN3O2. The monoisotopic (exact) mass is 387 g/mol. The second-order valence-corrected chi connectivity index (χ2v) is 5.97. The lowest BCUT2D eigenvalue weighted by Gasteiger charge is -2.13. The molecular weight excluding hydrogens is 376 g/mol. The molecule has 0 radical (unpaired) electrons. The number of rotatable bonds is 2. The van der Waals surface area contributed by atoms with E-state index in [4.69, 9.17) is 5.73 Å². The molecule has 0 unspecified atom stereocenters. The standard InChI is InChI=1S/C13H11FIN3O2/c14-9-5-7(15)1-4-10(9)18-11(16)6-12(19)17(13(18)20)8-2-3-8/h1,4-6,8H,2-3,16H2. The molecule has 7 heteroatoms. The molecule has 1 aromatic heterocycles. The van der Waals surface area contributed by atoms with Gasteiger partial charge in [-0.3, -0.25) is 9.36 Å². The van der Waals surface area contributed by atoms with Gasteiger partial charge in [0.2, 0.25) is 0 Å². The van der Waals surface area contributed by atoms with E-state index in [-0.39, 0.29) is 17.5 Å². The number of nitrogens with two attached hydrogens (primary N) is 1. The van der Waals surface area contributed by atoms with Gasteiger partial charge in [0, 0.05) is 15.7 Å². The van der Waals surface area contributed by atoms with Gasteiger partial charge >= 0.3 is 5.69 Å². The first-order valence-corrected chi connectivity index (χ1v) is 7.16. The Morgan fingerprint density at radius 2 is 1.95 bits per heavy atom. The largest absolute Gasteiger partial charge is 0.385 e. The van der Waals surface area contributed by atoms with Crippen LogP contribution in [0.4, 0.5) is 10.2 Å². The number of anilines is 1. The first-order chi connectivity index (χ1) is 9.49. The zero-order valence-corrected chi connectivity index (χ0v) is 12.5. The number of benzene rings is 1. The van der Waals surface area contributed by atoms with Crippen LogP contribution in [0.3, 0.4) is 0 Å². The van der Waals surface area contributed by atoms with Crippen LogP contribution in [-0.4, -0.2) is 9.13 Å². The highest BCUT2D eigenvalue weighted by atomic mass is 127. The molecule has 0 spiro atoms. The molecule has 1 aliphatic carbocycles. The van der Waals surface area contributed by atoms with Crippen molar-refractivity contribution in [3.05, 3.63) is 54.5 Å². The minimum atomic E-state index is -0.586. The van der Waals surface area contributed by atoms with Crippen molar-refractivity contribution < 1.29 is 4.39 Å². The Kier molecular flexibility index (Phi) is 3.15. The Hall–Kier alpha value is -1.64. The molecule has 1 heterocycles. The molecule has 2 aromatic rings. The Morgan fingerprint density at radius 1 is 1.25 bits per heavy atom. The van der Waals surface area contributed by atoms with Gasteiger partial charge in [-0.25, -0.2) is 13.8 Å². The average molecular weight is 387 g/mol. The molecule has 1 aliphatic rings. The molecule has 1 aromatic carbocycles. The second kappa shape index (κ2) is 4.72. The van der Waals surface area contributed by atoms with Crippen LogP contribution in [0.15, 0.2) is 33.9 Å². The van der Waals surface area contributed by atoms with Gasteiger partial charge in [-0.2, -0.15) is 0 Å². The van der Waals surface area contributed by atoms with Crippen LogP contribution in [0.2, 0.25) is 0 Å². The highest BCUT2D eigenvalue weighted by molar-refractivity contribution is 14.1. The molecule has 1 saturated carbocycles. The van der Waals surface area contributed by atoms with E-state index in [0.717, 1.165) is 28.0 Å². The predicted molar refractivity (Wildman–Crippen MR) is 81.7 cm³/mol. The lowest BCUT2D eigenvalue weighted by atomic mass is 10.3. The van der Waals surface area contributed by atoms with E-state index in [1.807, 2.05) is 22.6 Å². The highest BCUT2D eigenvalue weighted by Gasteiger charge is 2.28. The summed E-state index contributed by atoms with van der Waals surface area (Å²) in [7, 11) is 0. The number of aromatic nitrogens is 2. The van der Waals surface area contributed by atoms with E-state index in [0.29, 0.717) is 3.57 Å². The van der Waals surface area contributed by atoms with Crippen molar-refractivity contribution in [2.24, 2.45) is 0 Å². The maximum atomic E-state index is 14.0. The van der Waals surface area contributed by atoms with Crippen LogP contribution in [0.1, 0.15) is 18.9 Å². The maximum absolute atomic E-state index is 14.0. The minimum Gasteiger partial charge on any atom is -0.385 e. The van der Waals surface area contributed by atoms with Crippen LogP contribution < -0.4 is 17.0 Å². The van der Waals surface area contributed by atoms with Gasteiger partial charge in [0.15, 0.2) is 0 Å². The van der Waals surface area contributed by atoms with Gasteiger partial charge in [-0.15, -0.1) is 0 Å². The van der Waals surface area contributed by atoms with Crippen molar-refractivity contribution in [2.75, 3.05) is 5.73 Å². The van der Waals surface area contributed by atoms with Crippen molar-refractivity contribution in [3.63, 3.8) is 0 Å². The molecule has 0 amide bonds. The number of hydrogen-bond acceptors (Lipinski definition) is 3. The summed E-state index contributed by atoms with van der Waals surface area (Å²) in [6.45, 7) is 0. The Labute approximate surface area is 127 Å². The third-order valence-electron chi connectivity index (χ3n) is 3.23. The van der Waals surface area contributed by atoms with Crippen molar-refractivity contribution in [1.82, 2.24) is 9.13 Å². The van der Waals surface area contributed by atoms with Gasteiger partial charge in [0.1, 0.15) is 11.6 Å². The van der Waals surface area contributed by atoms with E-state index >= 15 is 0 Å². The SMILES string of the molecule is Nc1cc(=O)n(C2CC2)c(=O)n1-c1ccc(I)cc1F. The predicted octanol–water partition coefficient (Wildman–Crippen LogP) is 1.66. The lowest BCUT2D eigenvalue weighted by molar-refractivity contribution is 0.595. The van der Waals surface area contributed by atoms with Crippen molar-refractivity contribution in [3.8, 4) is 5.69 Å². The Morgan fingerprint density at radius 3 is 2.55 bits per heavy atom. The normalized spacial score (nSPS) is 14.5. The average Bonchev–Trinajstić information content (AvgIpc) is 3.15. The first kappa shape index (κ1) is 13.3. The summed E-state index contributed by atoms with van der Waals surface area (Å²) in [5.41, 5.74) is 4.77. The zero-order valence-electron chi connectivity index (χ0n) is 10.3. The Bertz CT molecular complexity index is 808. The van der Waals surface area contributed by atoms with Gasteiger partial charge < -0.3 is 5.73 Å². The summed E-state index contributed by atoms with van der Waals surface area (Å²) in [4.78, 5) is 24.2. The number of hydrogen-bond donors (Lipinski definition) is 1. The molecule has 1 fully saturated rings. The highest BCUT2D eigenvalue weighted by Crippen LogP contribution is 2.32. The molecule has 0 bridgehead atoms. The smallest absolute Gasteiger partial charge is 0.337 e. The van der Waals surface area contributed by atoms with Gasteiger partial charge in [-0.1, -0.05) is 0 Å². The third kappa shape index (κ3) is 2.15. The summed E-state index contributed by atoms with van der Waals surface area (Å²) in [5.74, 6) is -0.608. The van der Waals surface area contributed by atoms with Gasteiger partial charge in [0.25, 0.3) is 5.56 Å². The number of nitrogen functional groups attached to an aromatic ring is 1. The molecule has 20 heavy (non-hydrogen) atoms. The summed E-state index contributed by atoms with van der Waals surface area (Å²) >= 11 is 1.98. The fourth-order valence-corrected chi connectivity index (χ4v) is 2.60. The molecule has 5 nitrogen and oxygen atoms in total. The molecule has 104 valence electrons. The molecule has 3 rings (SSSR count). The number of halogens is 2. The summed E-state index contributed by atoms with van der Waals surface area (Å²) in [6.07, 6.45) is 1.57. The van der Waals surface area contributed by atoms with E-state index < -0.39 is 17.1 Å². The molecule has 2 N–H and O–H groups in total. The van der Waals surface area contributed by atoms with E-state index in [1.54, 1.807) is 6.07 Å². The second-order valence-electron chi connectivity index (χ2n) is 4.72. The van der Waals surface area contributed by atoms with Crippen LogP contribution in [0, 0.1) is 9.39 Å². The van der Waals surface area contributed by atoms with Crippen molar-refractivity contribution in [1.29, 1.82) is 0 Å². The van der Waals surface area contributed by atoms with E-state index in [9.17, 15) is 14.0 Å². The number of nitrogens with zero attached hydrogens (tertiary/aromatic N) is 2. The maximum Gasteiger partial charge on any atom is 0.337 e. The Balaban J connectivity index is 2.31. The van der Waals surface area contributed by atoms with E-state index in [1.165, 1.54) is 12.1 Å². The van der Waals surface area contributed by atoms with Crippen LogP contribution in [0.25, 0.3) is 5.69 Å². The third-order valence-corrected chi connectivity index (χ3v) is 3.90. The molecule has 0 atom stereocenters. The molecule has 0 aliphatic heterocycles. The molecule has 0 saturated heterocycles. The fraction of sp³-hybridized carbons (Fsp3) is 0.231. The summed E-state index contributed by atoms with van der Waals surface area (Å²) in [6, 6.07) is 5.55. The van der Waals surface area contributed by atoms with Crippen molar-refractivity contribution >= 4 is 28.4 Å². The van der Waals surface area contributed by atoms with Gasteiger partial charge in [0.05, 0.1) is 5.69 Å². The zero-order chi connectivity index (χ0) is 14.4. The summed E-state index contributed by atoms with van der Waals surface area (Å²) < 4.78 is 16.9. The topological polar surface area (TPSA) is 70.0 Å². The van der Waals surface area contributed by atoms with Crippen molar-refractivity contribution in [2.45, 2.75) is 18.9 Å². The van der Waals surface area contributed by atoms with Gasteiger partial charge in [-0.05, 0) is 53.6 Å². The van der Waals surface area contributed by atoms with E-state index in [2.05, 4.69) is 0 Å². The summed E-state index contributed by atoms with van der Waals surface area (Å²) in [5, 5.41) is 0. The minimum absolute atomic E-state index is 0.0577. The van der Waals surface area contributed by atoms with Crippen LogP contribution in [0.5, 0.6) is 0 Å². The quantitative estimate of drug-likeness (QED) is 0.798. The lowest BCUT2D eigenvalue weighted by Crippen LogP contribution is -2.39.